The standard InChI is InChI=1S/C20H18ClF3N2O5/c1-3-4-12-5-6-15(16(7-12)29-2)30-11-18(28)31-10-17(27)26-19-14(21)8-13(9-25-19)20(22,23)24/h3-9H,10-11H2,1-2H3,(H,25,26,27)/b4-3+. The average Bonchev–Trinajstić information content (AvgIpc) is 2.72. The molecule has 11 heteroatoms. The fraction of sp³-hybridized carbons (Fsp3) is 0.250. The van der Waals surface area contributed by atoms with E-state index in [2.05, 4.69) is 10.3 Å². The molecule has 0 saturated carbocycles. The largest absolute Gasteiger partial charge is 0.493 e. The van der Waals surface area contributed by atoms with Gasteiger partial charge < -0.3 is 19.5 Å². The van der Waals surface area contributed by atoms with Gasteiger partial charge in [0.1, 0.15) is 0 Å². The first-order valence-electron chi connectivity index (χ1n) is 8.75. The van der Waals surface area contributed by atoms with Gasteiger partial charge in [-0.1, -0.05) is 29.8 Å². The Kier molecular flexibility index (Phi) is 8.26. The van der Waals surface area contributed by atoms with Crippen molar-refractivity contribution in [3.63, 3.8) is 0 Å². The molecule has 0 aliphatic heterocycles. The van der Waals surface area contributed by atoms with Crippen LogP contribution in [0.3, 0.4) is 0 Å². The SMILES string of the molecule is C/C=C/c1ccc(OCC(=O)OCC(=O)Nc2ncc(C(F)(F)F)cc2Cl)c(OC)c1. The van der Waals surface area contributed by atoms with Crippen LogP contribution in [0.25, 0.3) is 6.08 Å². The first kappa shape index (κ1) is 24.0. The molecular formula is C20H18ClF3N2O5. The molecule has 2 aromatic rings. The molecule has 0 aliphatic carbocycles. The van der Waals surface area contributed by atoms with Crippen LogP contribution in [0, 0.1) is 0 Å². The second kappa shape index (κ2) is 10.7. The van der Waals surface area contributed by atoms with Gasteiger partial charge in [-0.05, 0) is 30.7 Å². The number of nitrogens with zero attached hydrogens (tertiary/aromatic N) is 1. The zero-order valence-electron chi connectivity index (χ0n) is 16.5. The van der Waals surface area contributed by atoms with Crippen LogP contribution in [0.2, 0.25) is 5.02 Å². The maximum Gasteiger partial charge on any atom is 0.417 e. The van der Waals surface area contributed by atoms with E-state index in [0.717, 1.165) is 5.56 Å². The molecular weight excluding hydrogens is 441 g/mol. The average molecular weight is 459 g/mol. The second-order valence-electron chi connectivity index (χ2n) is 5.96. The summed E-state index contributed by atoms with van der Waals surface area (Å²) in [7, 11) is 1.45. The molecule has 1 heterocycles. The number of hydrogen-bond acceptors (Lipinski definition) is 6. The van der Waals surface area contributed by atoms with E-state index >= 15 is 0 Å². The lowest BCUT2D eigenvalue weighted by molar-refractivity contribution is -0.149. The Bertz CT molecular complexity index is 980. The Labute approximate surface area is 180 Å². The van der Waals surface area contributed by atoms with Crippen LogP contribution in [-0.2, 0) is 20.5 Å². The number of allylic oxidation sites excluding steroid dienone is 1. The van der Waals surface area contributed by atoms with Crippen molar-refractivity contribution in [3.05, 3.63) is 52.7 Å². The lowest BCUT2D eigenvalue weighted by Gasteiger charge is -2.12. The molecule has 0 aliphatic rings. The Morgan fingerprint density at radius 1 is 1.19 bits per heavy atom. The summed E-state index contributed by atoms with van der Waals surface area (Å²) >= 11 is 5.70. The topological polar surface area (TPSA) is 86.8 Å². The van der Waals surface area contributed by atoms with Crippen LogP contribution in [0.1, 0.15) is 18.1 Å². The number of hydrogen-bond donors (Lipinski definition) is 1. The first-order chi connectivity index (χ1) is 14.6. The minimum Gasteiger partial charge on any atom is -0.493 e. The predicted molar refractivity (Wildman–Crippen MR) is 107 cm³/mol. The number of alkyl halides is 3. The monoisotopic (exact) mass is 458 g/mol. The Balaban J connectivity index is 1.86. The highest BCUT2D eigenvalue weighted by molar-refractivity contribution is 6.33. The number of aromatic nitrogens is 1. The van der Waals surface area contributed by atoms with Crippen molar-refractivity contribution in [3.8, 4) is 11.5 Å². The van der Waals surface area contributed by atoms with Gasteiger partial charge in [-0.2, -0.15) is 13.2 Å². The van der Waals surface area contributed by atoms with Gasteiger partial charge >= 0.3 is 12.1 Å². The van der Waals surface area contributed by atoms with Gasteiger partial charge in [0.05, 0.1) is 17.7 Å². The summed E-state index contributed by atoms with van der Waals surface area (Å²) in [6.07, 6.45) is -0.386. The summed E-state index contributed by atoms with van der Waals surface area (Å²) in [5, 5.41) is 1.75. The molecule has 1 amide bonds. The number of esters is 1. The number of amides is 1. The number of ether oxygens (including phenoxy) is 3. The fourth-order valence-electron chi connectivity index (χ4n) is 2.28. The molecule has 1 aromatic heterocycles. The fourth-order valence-corrected chi connectivity index (χ4v) is 2.49. The van der Waals surface area contributed by atoms with E-state index in [4.69, 9.17) is 25.8 Å². The van der Waals surface area contributed by atoms with Crippen molar-refractivity contribution in [2.75, 3.05) is 25.6 Å². The minimum absolute atomic E-state index is 0.294. The molecule has 0 spiro atoms. The smallest absolute Gasteiger partial charge is 0.417 e. The van der Waals surface area contributed by atoms with Crippen LogP contribution in [0.4, 0.5) is 19.0 Å². The van der Waals surface area contributed by atoms with Gasteiger partial charge in [0.2, 0.25) is 0 Å². The molecule has 7 nitrogen and oxygen atoms in total. The number of nitrogens with one attached hydrogen (secondary N) is 1. The third kappa shape index (κ3) is 7.18. The number of carbonyl (C=O) groups excluding carboxylic acids is 2. The highest BCUT2D eigenvalue weighted by atomic mass is 35.5. The zero-order chi connectivity index (χ0) is 23.0. The van der Waals surface area contributed by atoms with Crippen molar-refractivity contribution in [2.45, 2.75) is 13.1 Å². The normalized spacial score (nSPS) is 11.3. The molecule has 31 heavy (non-hydrogen) atoms. The van der Waals surface area contributed by atoms with E-state index in [1.807, 2.05) is 19.1 Å². The summed E-state index contributed by atoms with van der Waals surface area (Å²) in [6, 6.07) is 5.72. The van der Waals surface area contributed by atoms with E-state index in [1.54, 1.807) is 18.2 Å². The highest BCUT2D eigenvalue weighted by Crippen LogP contribution is 2.32. The number of halogens is 4. The quantitative estimate of drug-likeness (QED) is 0.592. The predicted octanol–water partition coefficient (Wildman–Crippen LogP) is 4.36. The van der Waals surface area contributed by atoms with Crippen LogP contribution >= 0.6 is 11.6 Å². The molecule has 2 rings (SSSR count). The summed E-state index contributed by atoms with van der Waals surface area (Å²) in [5.41, 5.74) is -0.185. The molecule has 0 bridgehead atoms. The summed E-state index contributed by atoms with van der Waals surface area (Å²) in [4.78, 5) is 27.1. The van der Waals surface area contributed by atoms with Crippen LogP contribution < -0.4 is 14.8 Å². The van der Waals surface area contributed by atoms with Crippen LogP contribution in [-0.4, -0.2) is 37.2 Å². The van der Waals surface area contributed by atoms with Crippen LogP contribution in [0.5, 0.6) is 11.5 Å². The number of anilines is 1. The Hall–Kier alpha value is -3.27. The molecule has 0 radical (unpaired) electrons. The van der Waals surface area contributed by atoms with E-state index in [1.165, 1.54) is 7.11 Å². The van der Waals surface area contributed by atoms with Gasteiger partial charge in [0.15, 0.2) is 30.5 Å². The molecule has 1 N–H and O–H groups in total. The minimum atomic E-state index is -4.62. The highest BCUT2D eigenvalue weighted by Gasteiger charge is 2.31. The molecule has 0 atom stereocenters. The molecule has 0 fully saturated rings. The Morgan fingerprint density at radius 2 is 1.94 bits per heavy atom. The van der Waals surface area contributed by atoms with Crippen molar-refractivity contribution in [1.82, 2.24) is 4.98 Å². The summed E-state index contributed by atoms with van der Waals surface area (Å²) < 4.78 is 53.1. The third-order valence-electron chi connectivity index (χ3n) is 3.68. The number of methoxy groups -OCH3 is 1. The number of benzene rings is 1. The molecule has 1 aromatic carbocycles. The molecule has 166 valence electrons. The number of carbonyl (C=O) groups is 2. The lowest BCUT2D eigenvalue weighted by atomic mass is 10.2. The summed E-state index contributed by atoms with van der Waals surface area (Å²) in [5.74, 6) is -1.27. The number of rotatable bonds is 8. The van der Waals surface area contributed by atoms with E-state index in [0.29, 0.717) is 23.8 Å². The number of pyridine rings is 1. The van der Waals surface area contributed by atoms with Crippen molar-refractivity contribution >= 4 is 35.4 Å². The Morgan fingerprint density at radius 3 is 2.55 bits per heavy atom. The van der Waals surface area contributed by atoms with Gasteiger partial charge in [0, 0.05) is 6.20 Å². The van der Waals surface area contributed by atoms with Crippen LogP contribution in [0.15, 0.2) is 36.5 Å². The lowest BCUT2D eigenvalue weighted by Crippen LogP contribution is -2.24. The first-order valence-corrected chi connectivity index (χ1v) is 9.13. The van der Waals surface area contributed by atoms with Gasteiger partial charge in [-0.15, -0.1) is 0 Å². The van der Waals surface area contributed by atoms with E-state index < -0.39 is 41.9 Å². The van der Waals surface area contributed by atoms with Crippen molar-refractivity contribution < 1.29 is 37.0 Å². The van der Waals surface area contributed by atoms with E-state index in [-0.39, 0.29) is 5.82 Å². The van der Waals surface area contributed by atoms with Crippen molar-refractivity contribution in [1.29, 1.82) is 0 Å². The third-order valence-corrected chi connectivity index (χ3v) is 3.97. The van der Waals surface area contributed by atoms with Crippen molar-refractivity contribution in [2.24, 2.45) is 0 Å². The second-order valence-corrected chi connectivity index (χ2v) is 6.37. The maximum absolute atomic E-state index is 12.6. The van der Waals surface area contributed by atoms with Gasteiger partial charge in [0.25, 0.3) is 5.91 Å². The van der Waals surface area contributed by atoms with Gasteiger partial charge in [-0.3, -0.25) is 4.79 Å². The maximum atomic E-state index is 12.6. The molecule has 0 unspecified atom stereocenters. The molecule has 0 saturated heterocycles. The zero-order valence-corrected chi connectivity index (χ0v) is 17.2. The summed E-state index contributed by atoms with van der Waals surface area (Å²) in [6.45, 7) is 0.662. The van der Waals surface area contributed by atoms with E-state index in [9.17, 15) is 22.8 Å². The van der Waals surface area contributed by atoms with Gasteiger partial charge in [-0.25, -0.2) is 9.78 Å².